The number of likely N-dealkylation sites (N-methyl/N-ethyl adjacent to an activating group) is 1. The van der Waals surface area contributed by atoms with Crippen molar-refractivity contribution in [2.24, 2.45) is 17.1 Å². The monoisotopic (exact) mass is 373 g/mol. The average Bonchev–Trinajstić information content (AvgIpc) is 2.68. The third kappa shape index (κ3) is 3.01. The van der Waals surface area contributed by atoms with E-state index in [4.69, 9.17) is 10.5 Å². The molecule has 2 N–H and O–H groups in total. The number of rotatable bonds is 3. The quantitative estimate of drug-likeness (QED) is 0.872. The van der Waals surface area contributed by atoms with Crippen molar-refractivity contribution < 1.29 is 4.74 Å². The first-order valence-corrected chi connectivity index (χ1v) is 9.26. The summed E-state index contributed by atoms with van der Waals surface area (Å²) in [6, 6.07) is 13.9. The average molecular weight is 373 g/mol. The van der Waals surface area contributed by atoms with Crippen LogP contribution in [-0.4, -0.2) is 31.1 Å². The second kappa shape index (κ2) is 7.39. The van der Waals surface area contributed by atoms with Crippen molar-refractivity contribution in [1.82, 2.24) is 4.90 Å². The predicted molar refractivity (Wildman–Crippen MR) is 105 cm³/mol. The summed E-state index contributed by atoms with van der Waals surface area (Å²) in [5.74, 6) is 0.0883. The highest BCUT2D eigenvalue weighted by atomic mass is 16.5. The predicted octanol–water partition coefficient (Wildman–Crippen LogP) is 2.83. The molecule has 1 aromatic carbocycles. The fraction of sp³-hybridized carbons (Fsp3) is 0.409. The van der Waals surface area contributed by atoms with Gasteiger partial charge in [0.15, 0.2) is 5.41 Å². The second-order valence-corrected chi connectivity index (χ2v) is 7.63. The lowest BCUT2D eigenvalue weighted by Gasteiger charge is -2.45. The van der Waals surface area contributed by atoms with Crippen LogP contribution in [0.25, 0.3) is 0 Å². The Labute approximate surface area is 165 Å². The van der Waals surface area contributed by atoms with Crippen LogP contribution in [0.5, 0.6) is 5.75 Å². The summed E-state index contributed by atoms with van der Waals surface area (Å²) in [7, 11) is 1.98. The van der Waals surface area contributed by atoms with Gasteiger partial charge in [0.25, 0.3) is 0 Å². The molecule has 0 amide bonds. The van der Waals surface area contributed by atoms with E-state index in [9.17, 15) is 15.8 Å². The van der Waals surface area contributed by atoms with E-state index in [-0.39, 0.29) is 23.3 Å². The van der Waals surface area contributed by atoms with Crippen molar-refractivity contribution in [2.75, 3.05) is 20.1 Å². The normalized spacial score (nSPS) is 23.8. The Hall–Kier alpha value is -3.27. The number of fused-ring (bicyclic) bond motifs is 1. The van der Waals surface area contributed by atoms with Gasteiger partial charge in [-0.25, -0.2) is 0 Å². The Bertz CT molecular complexity index is 939. The third-order valence-electron chi connectivity index (χ3n) is 5.46. The minimum atomic E-state index is -1.59. The van der Waals surface area contributed by atoms with Crippen LogP contribution in [0.2, 0.25) is 0 Å². The zero-order valence-electron chi connectivity index (χ0n) is 16.3. The summed E-state index contributed by atoms with van der Waals surface area (Å²) < 4.78 is 5.71. The summed E-state index contributed by atoms with van der Waals surface area (Å²) >= 11 is 0. The lowest BCUT2D eigenvalue weighted by atomic mass is 9.58. The summed E-state index contributed by atoms with van der Waals surface area (Å²) in [5.41, 5.74) is 6.70. The molecule has 0 aromatic heterocycles. The maximum absolute atomic E-state index is 10.0. The first kappa shape index (κ1) is 19.5. The highest BCUT2D eigenvalue weighted by Crippen LogP contribution is 2.54. The Balaban J connectivity index is 2.19. The van der Waals surface area contributed by atoms with Crippen LogP contribution < -0.4 is 10.5 Å². The van der Waals surface area contributed by atoms with Gasteiger partial charge in [0.2, 0.25) is 0 Å². The standard InChI is InChI=1S/C22H23N5O/c1-14(2)28-16-6-4-15(5-7-16)20-19-11-27(3)9-8-17(19)18(10-23)21(26)22(20,12-24)13-25/h4-8,14,19-20H,9,11,26H2,1-3H3. The molecule has 1 aliphatic heterocycles. The molecule has 0 bridgehead atoms. The summed E-state index contributed by atoms with van der Waals surface area (Å²) in [6.45, 7) is 5.25. The molecular formula is C22H23N5O. The van der Waals surface area contributed by atoms with Crippen LogP contribution >= 0.6 is 0 Å². The van der Waals surface area contributed by atoms with Crippen LogP contribution in [0.4, 0.5) is 0 Å². The van der Waals surface area contributed by atoms with Gasteiger partial charge in [-0.3, -0.25) is 0 Å². The van der Waals surface area contributed by atoms with Gasteiger partial charge in [-0.15, -0.1) is 0 Å². The number of nitrogens with two attached hydrogens (primary N) is 1. The smallest absolute Gasteiger partial charge is 0.191 e. The first-order chi connectivity index (χ1) is 13.4. The number of nitrogens with zero attached hydrogens (tertiary/aromatic N) is 4. The second-order valence-electron chi connectivity index (χ2n) is 7.63. The number of hydrogen-bond donors (Lipinski definition) is 1. The first-order valence-electron chi connectivity index (χ1n) is 9.26. The molecule has 0 saturated carbocycles. The molecule has 0 saturated heterocycles. The van der Waals surface area contributed by atoms with E-state index >= 15 is 0 Å². The van der Waals surface area contributed by atoms with Crippen molar-refractivity contribution in [3.05, 3.63) is 52.7 Å². The van der Waals surface area contributed by atoms with Gasteiger partial charge in [-0.1, -0.05) is 18.2 Å². The zero-order valence-corrected chi connectivity index (χ0v) is 16.3. The molecule has 1 aliphatic carbocycles. The Morgan fingerprint density at radius 1 is 1.18 bits per heavy atom. The maximum atomic E-state index is 10.0. The molecule has 6 nitrogen and oxygen atoms in total. The number of nitriles is 3. The highest BCUT2D eigenvalue weighted by Gasteiger charge is 2.54. The number of ether oxygens (including phenoxy) is 1. The molecule has 1 heterocycles. The minimum Gasteiger partial charge on any atom is -0.491 e. The molecule has 2 unspecified atom stereocenters. The van der Waals surface area contributed by atoms with Crippen LogP contribution in [-0.2, 0) is 0 Å². The van der Waals surface area contributed by atoms with Crippen LogP contribution in [0.1, 0.15) is 25.3 Å². The largest absolute Gasteiger partial charge is 0.491 e. The molecule has 3 rings (SSSR count). The molecule has 142 valence electrons. The Kier molecular flexibility index (Phi) is 5.14. The zero-order chi connectivity index (χ0) is 20.5. The lowest BCUT2D eigenvalue weighted by Crippen LogP contribution is -2.47. The van der Waals surface area contributed by atoms with Gasteiger partial charge < -0.3 is 15.4 Å². The number of benzene rings is 1. The number of allylic oxidation sites excluding steroid dienone is 2. The van der Waals surface area contributed by atoms with Crippen LogP contribution in [0, 0.1) is 45.3 Å². The van der Waals surface area contributed by atoms with E-state index in [0.717, 1.165) is 16.9 Å². The molecular weight excluding hydrogens is 350 g/mol. The van der Waals surface area contributed by atoms with Gasteiger partial charge in [0.05, 0.1) is 29.5 Å². The maximum Gasteiger partial charge on any atom is 0.191 e. The van der Waals surface area contributed by atoms with Crippen molar-refractivity contribution in [3.8, 4) is 24.0 Å². The van der Waals surface area contributed by atoms with Crippen LogP contribution in [0.3, 0.4) is 0 Å². The van der Waals surface area contributed by atoms with Crippen molar-refractivity contribution in [1.29, 1.82) is 15.8 Å². The van der Waals surface area contributed by atoms with E-state index in [1.807, 2.05) is 51.2 Å². The van der Waals surface area contributed by atoms with E-state index in [2.05, 4.69) is 23.1 Å². The molecule has 6 heteroatoms. The summed E-state index contributed by atoms with van der Waals surface area (Å²) in [5, 5.41) is 29.8. The molecule has 0 fully saturated rings. The molecule has 2 atom stereocenters. The lowest BCUT2D eigenvalue weighted by molar-refractivity contribution is 0.235. The fourth-order valence-corrected chi connectivity index (χ4v) is 4.23. The van der Waals surface area contributed by atoms with Crippen LogP contribution in [0.15, 0.2) is 47.2 Å². The SMILES string of the molecule is CC(C)Oc1ccc(C2C3CN(C)CC=C3C(C#N)=C(N)C2(C#N)C#N)cc1. The van der Waals surface area contributed by atoms with E-state index in [1.165, 1.54) is 0 Å². The van der Waals surface area contributed by atoms with E-state index in [1.54, 1.807) is 0 Å². The highest BCUT2D eigenvalue weighted by molar-refractivity contribution is 5.59. The minimum absolute atomic E-state index is 0.0520. The van der Waals surface area contributed by atoms with Gasteiger partial charge >= 0.3 is 0 Å². The van der Waals surface area contributed by atoms with Crippen molar-refractivity contribution in [2.45, 2.75) is 25.9 Å². The van der Waals surface area contributed by atoms with Gasteiger partial charge in [-0.05, 0) is 44.2 Å². The van der Waals surface area contributed by atoms with Gasteiger partial charge in [0.1, 0.15) is 11.8 Å². The van der Waals surface area contributed by atoms with Gasteiger partial charge in [0, 0.05) is 24.9 Å². The number of hydrogen-bond acceptors (Lipinski definition) is 6. The van der Waals surface area contributed by atoms with Gasteiger partial charge in [-0.2, -0.15) is 15.8 Å². The molecule has 1 aromatic rings. The third-order valence-corrected chi connectivity index (χ3v) is 5.46. The Morgan fingerprint density at radius 3 is 2.36 bits per heavy atom. The fourth-order valence-electron chi connectivity index (χ4n) is 4.23. The summed E-state index contributed by atoms with van der Waals surface area (Å²) in [4.78, 5) is 2.12. The molecule has 28 heavy (non-hydrogen) atoms. The summed E-state index contributed by atoms with van der Waals surface area (Å²) in [6.07, 6.45) is 2.04. The van der Waals surface area contributed by atoms with E-state index < -0.39 is 11.3 Å². The topological polar surface area (TPSA) is 110 Å². The molecule has 0 radical (unpaired) electrons. The molecule has 0 spiro atoms. The Morgan fingerprint density at radius 2 is 1.82 bits per heavy atom. The van der Waals surface area contributed by atoms with Crippen molar-refractivity contribution >= 4 is 0 Å². The molecule has 2 aliphatic rings. The van der Waals surface area contributed by atoms with E-state index in [0.29, 0.717) is 13.1 Å². The van der Waals surface area contributed by atoms with Crippen molar-refractivity contribution in [3.63, 3.8) is 0 Å².